The first-order valence-corrected chi connectivity index (χ1v) is 12.3. The number of benzene rings is 2. The Bertz CT molecular complexity index is 1180. The Morgan fingerprint density at radius 1 is 1.00 bits per heavy atom. The van der Waals surface area contributed by atoms with Crippen LogP contribution >= 0.6 is 0 Å². The van der Waals surface area contributed by atoms with E-state index in [9.17, 15) is 13.2 Å². The third kappa shape index (κ3) is 6.57. The average Bonchev–Trinajstić information content (AvgIpc) is 2.82. The standard InChI is InChI=1S/C25H26N2O5S/c1-2-22(33(30,31)16-10-9-15-32-18-23(28)29)21-17-26-24(19-11-5-3-6-12-19)25(27-21)20-13-7-4-8-14-20/h2-8,11-14,17,22H,1,9-10,15-16,18H2,(H,28,29). The lowest BCUT2D eigenvalue weighted by Gasteiger charge is -2.16. The molecular weight excluding hydrogens is 440 g/mol. The van der Waals surface area contributed by atoms with Crippen LogP contribution in [0, 0.1) is 0 Å². The fourth-order valence-corrected chi connectivity index (χ4v) is 5.02. The maximum atomic E-state index is 13.0. The Kier molecular flexibility index (Phi) is 8.46. The Hall–Kier alpha value is -3.36. The van der Waals surface area contributed by atoms with Crippen LogP contribution < -0.4 is 0 Å². The molecule has 0 saturated carbocycles. The number of rotatable bonds is 12. The monoisotopic (exact) mass is 466 g/mol. The quantitative estimate of drug-likeness (QED) is 0.313. The van der Waals surface area contributed by atoms with Crippen molar-refractivity contribution in [1.29, 1.82) is 0 Å². The van der Waals surface area contributed by atoms with E-state index in [1.54, 1.807) is 0 Å². The second-order valence-electron chi connectivity index (χ2n) is 7.40. The number of aromatic nitrogens is 2. The van der Waals surface area contributed by atoms with Gasteiger partial charge in [0.1, 0.15) is 11.9 Å². The van der Waals surface area contributed by atoms with E-state index >= 15 is 0 Å². The van der Waals surface area contributed by atoms with Crippen molar-refractivity contribution in [2.75, 3.05) is 19.0 Å². The number of unbranched alkanes of at least 4 members (excludes halogenated alkanes) is 1. The summed E-state index contributed by atoms with van der Waals surface area (Å²) in [5, 5.41) is 7.58. The molecule has 0 amide bonds. The molecule has 7 nitrogen and oxygen atoms in total. The first-order chi connectivity index (χ1) is 15.9. The molecule has 1 heterocycles. The lowest BCUT2D eigenvalue weighted by Crippen LogP contribution is -2.18. The molecule has 1 atom stereocenters. The normalized spacial score (nSPS) is 12.2. The number of hydrogen-bond acceptors (Lipinski definition) is 6. The molecule has 0 bridgehead atoms. The molecule has 0 aliphatic carbocycles. The van der Waals surface area contributed by atoms with Gasteiger partial charge in [0.05, 0.1) is 29.0 Å². The maximum absolute atomic E-state index is 13.0. The van der Waals surface area contributed by atoms with Gasteiger partial charge in [-0.2, -0.15) is 0 Å². The number of aliphatic carboxylic acids is 1. The third-order valence-corrected chi connectivity index (χ3v) is 7.04. The van der Waals surface area contributed by atoms with Gasteiger partial charge < -0.3 is 9.84 Å². The third-order valence-electron chi connectivity index (χ3n) is 4.97. The number of sulfone groups is 1. The van der Waals surface area contributed by atoms with Crippen molar-refractivity contribution in [2.24, 2.45) is 0 Å². The van der Waals surface area contributed by atoms with Crippen molar-refractivity contribution in [3.8, 4) is 22.5 Å². The lowest BCUT2D eigenvalue weighted by atomic mass is 10.0. The molecule has 0 saturated heterocycles. The van der Waals surface area contributed by atoms with E-state index in [0.29, 0.717) is 29.9 Å². The van der Waals surface area contributed by atoms with Gasteiger partial charge in [-0.15, -0.1) is 6.58 Å². The van der Waals surface area contributed by atoms with Crippen molar-refractivity contribution in [3.05, 3.63) is 85.2 Å². The van der Waals surface area contributed by atoms with Crippen LogP contribution in [0.1, 0.15) is 23.8 Å². The molecule has 8 heteroatoms. The predicted octanol–water partition coefficient (Wildman–Crippen LogP) is 4.33. The summed E-state index contributed by atoms with van der Waals surface area (Å²) < 4.78 is 31.0. The minimum absolute atomic E-state index is 0.0943. The van der Waals surface area contributed by atoms with E-state index in [1.165, 1.54) is 12.3 Å². The van der Waals surface area contributed by atoms with E-state index < -0.39 is 27.7 Å². The molecule has 0 spiro atoms. The molecule has 2 aromatic carbocycles. The van der Waals surface area contributed by atoms with E-state index in [-0.39, 0.29) is 12.4 Å². The van der Waals surface area contributed by atoms with Crippen molar-refractivity contribution < 1.29 is 23.1 Å². The van der Waals surface area contributed by atoms with Crippen LogP contribution in [0.25, 0.3) is 22.5 Å². The number of hydrogen-bond donors (Lipinski definition) is 1. The highest BCUT2D eigenvalue weighted by molar-refractivity contribution is 7.91. The Morgan fingerprint density at radius 2 is 1.61 bits per heavy atom. The van der Waals surface area contributed by atoms with Crippen LogP contribution in [0.4, 0.5) is 0 Å². The molecule has 0 aliphatic rings. The molecular formula is C25H26N2O5S. The summed E-state index contributed by atoms with van der Waals surface area (Å²) in [6.07, 6.45) is 3.64. The molecule has 3 rings (SSSR count). The molecule has 1 unspecified atom stereocenters. The van der Waals surface area contributed by atoms with E-state index in [2.05, 4.69) is 11.6 Å². The van der Waals surface area contributed by atoms with Crippen molar-refractivity contribution >= 4 is 15.8 Å². The van der Waals surface area contributed by atoms with Gasteiger partial charge >= 0.3 is 5.97 Å². The second kappa shape index (κ2) is 11.5. The van der Waals surface area contributed by atoms with E-state index in [4.69, 9.17) is 14.8 Å². The van der Waals surface area contributed by atoms with Crippen LogP contribution in [0.5, 0.6) is 0 Å². The first kappa shape index (κ1) is 24.3. The van der Waals surface area contributed by atoms with Crippen LogP contribution in [0.3, 0.4) is 0 Å². The molecule has 33 heavy (non-hydrogen) atoms. The minimum Gasteiger partial charge on any atom is -0.480 e. The van der Waals surface area contributed by atoms with E-state index in [0.717, 1.165) is 11.1 Å². The SMILES string of the molecule is C=CC(c1cnc(-c2ccccc2)c(-c2ccccc2)n1)S(=O)(=O)CCCCOCC(=O)O. The highest BCUT2D eigenvalue weighted by Crippen LogP contribution is 2.32. The number of carbonyl (C=O) groups is 1. The zero-order valence-corrected chi connectivity index (χ0v) is 18.9. The summed E-state index contributed by atoms with van der Waals surface area (Å²) >= 11 is 0. The zero-order valence-electron chi connectivity index (χ0n) is 18.1. The Morgan fingerprint density at radius 3 is 2.18 bits per heavy atom. The summed E-state index contributed by atoms with van der Waals surface area (Å²) in [6.45, 7) is 3.52. The summed E-state index contributed by atoms with van der Waals surface area (Å²) in [6, 6.07) is 19.1. The van der Waals surface area contributed by atoms with Gasteiger partial charge in [0.15, 0.2) is 9.84 Å². The zero-order chi connectivity index (χ0) is 23.7. The highest BCUT2D eigenvalue weighted by Gasteiger charge is 2.27. The summed E-state index contributed by atoms with van der Waals surface area (Å²) in [5.74, 6) is -1.15. The minimum atomic E-state index is -3.60. The molecule has 0 fully saturated rings. The topological polar surface area (TPSA) is 106 Å². The van der Waals surface area contributed by atoms with Crippen LogP contribution in [0.2, 0.25) is 0 Å². The maximum Gasteiger partial charge on any atom is 0.329 e. The van der Waals surface area contributed by atoms with Crippen molar-refractivity contribution in [3.63, 3.8) is 0 Å². The van der Waals surface area contributed by atoms with Gasteiger partial charge in [-0.05, 0) is 12.8 Å². The van der Waals surface area contributed by atoms with Crippen LogP contribution in [0.15, 0.2) is 79.5 Å². The van der Waals surface area contributed by atoms with Crippen molar-refractivity contribution in [2.45, 2.75) is 18.1 Å². The van der Waals surface area contributed by atoms with Gasteiger partial charge in [0.2, 0.25) is 0 Å². The molecule has 172 valence electrons. The molecule has 1 N–H and O–H groups in total. The summed E-state index contributed by atoms with van der Waals surface area (Å²) in [7, 11) is -3.60. The van der Waals surface area contributed by atoms with Crippen molar-refractivity contribution in [1.82, 2.24) is 9.97 Å². The number of carboxylic acid groups (broad SMARTS) is 1. The average molecular weight is 467 g/mol. The van der Waals surface area contributed by atoms with E-state index in [1.807, 2.05) is 60.7 Å². The van der Waals surface area contributed by atoms with Gasteiger partial charge in [-0.3, -0.25) is 4.98 Å². The number of ether oxygens (including phenoxy) is 1. The largest absolute Gasteiger partial charge is 0.480 e. The van der Waals surface area contributed by atoms with Gasteiger partial charge in [-0.25, -0.2) is 18.2 Å². The Labute approximate surface area is 193 Å². The predicted molar refractivity (Wildman–Crippen MR) is 127 cm³/mol. The fraction of sp³-hybridized carbons (Fsp3) is 0.240. The van der Waals surface area contributed by atoms with Gasteiger partial charge in [0.25, 0.3) is 0 Å². The molecule has 0 radical (unpaired) electrons. The lowest BCUT2D eigenvalue weighted by molar-refractivity contribution is -0.142. The molecule has 1 aromatic heterocycles. The molecule has 3 aromatic rings. The number of carboxylic acids is 1. The fourth-order valence-electron chi connectivity index (χ4n) is 3.39. The Balaban J connectivity index is 1.86. The summed E-state index contributed by atoms with van der Waals surface area (Å²) in [4.78, 5) is 19.8. The second-order valence-corrected chi connectivity index (χ2v) is 9.64. The van der Waals surface area contributed by atoms with Crippen LogP contribution in [-0.2, 0) is 19.4 Å². The summed E-state index contributed by atoms with van der Waals surface area (Å²) in [5.41, 5.74) is 3.30. The smallest absolute Gasteiger partial charge is 0.329 e. The molecule has 0 aliphatic heterocycles. The highest BCUT2D eigenvalue weighted by atomic mass is 32.2. The number of nitrogens with zero attached hydrogens (tertiary/aromatic N) is 2. The van der Waals surface area contributed by atoms with Crippen LogP contribution in [-0.4, -0.2) is 48.4 Å². The van der Waals surface area contributed by atoms with Gasteiger partial charge in [-0.1, -0.05) is 66.7 Å². The first-order valence-electron chi connectivity index (χ1n) is 10.5. The van der Waals surface area contributed by atoms with Gasteiger partial charge in [0, 0.05) is 17.7 Å².